The molecule has 0 unspecified atom stereocenters. The zero-order valence-corrected chi connectivity index (χ0v) is 19.5. The Labute approximate surface area is 206 Å². The minimum Gasteiger partial charge on any atom is -0.383 e. The van der Waals surface area contributed by atoms with Crippen molar-refractivity contribution in [2.45, 2.75) is 6.92 Å². The van der Waals surface area contributed by atoms with Crippen LogP contribution >= 0.6 is 0 Å². The highest BCUT2D eigenvalue weighted by molar-refractivity contribution is 6.19. The van der Waals surface area contributed by atoms with Crippen molar-refractivity contribution in [3.05, 3.63) is 93.2 Å². The summed E-state index contributed by atoms with van der Waals surface area (Å²) in [6.45, 7) is 1.71. The van der Waals surface area contributed by atoms with Crippen LogP contribution in [0, 0.1) is 21.4 Å². The number of methoxy groups -OCH3 is 1. The molecule has 0 saturated carbocycles. The van der Waals surface area contributed by atoms with Crippen LogP contribution in [0.2, 0.25) is 0 Å². The summed E-state index contributed by atoms with van der Waals surface area (Å²) in [5, 5.41) is 25.3. The molecule has 2 heterocycles. The molecule has 2 amide bonds. The quantitative estimate of drug-likeness (QED) is 0.217. The Morgan fingerprint density at radius 2 is 1.81 bits per heavy atom. The highest BCUT2D eigenvalue weighted by atomic mass is 16.6. The lowest BCUT2D eigenvalue weighted by molar-refractivity contribution is -0.384. The standard InChI is InChI=1S/C26H21N5O5/c1-17-22(25(32)29(12-13-36-2)26(33)23(17)15-27)14-19-16-30(20-8-10-21(11-9-20)31(34)35)28-24(19)18-6-4-3-5-7-18/h3-11,14,16H,12-13H2,1-2H3/b22-14+. The molecule has 0 spiro atoms. The van der Waals surface area contributed by atoms with Crippen molar-refractivity contribution < 1.29 is 19.2 Å². The molecule has 180 valence electrons. The minimum atomic E-state index is -0.654. The van der Waals surface area contributed by atoms with Gasteiger partial charge in [-0.25, -0.2) is 4.68 Å². The van der Waals surface area contributed by atoms with Gasteiger partial charge in [-0.3, -0.25) is 24.6 Å². The van der Waals surface area contributed by atoms with Crippen molar-refractivity contribution in [3.8, 4) is 23.0 Å². The van der Waals surface area contributed by atoms with Crippen molar-refractivity contribution in [3.63, 3.8) is 0 Å². The van der Waals surface area contributed by atoms with E-state index in [-0.39, 0.29) is 35.6 Å². The van der Waals surface area contributed by atoms with Crippen LogP contribution in [0.5, 0.6) is 0 Å². The number of ether oxygens (including phenoxy) is 1. The third-order valence-corrected chi connectivity index (χ3v) is 5.76. The average molecular weight is 483 g/mol. The molecule has 0 radical (unpaired) electrons. The molecular weight excluding hydrogens is 462 g/mol. The smallest absolute Gasteiger partial charge is 0.271 e. The van der Waals surface area contributed by atoms with Gasteiger partial charge in [-0.05, 0) is 30.7 Å². The largest absolute Gasteiger partial charge is 0.383 e. The van der Waals surface area contributed by atoms with Gasteiger partial charge in [0.25, 0.3) is 17.5 Å². The van der Waals surface area contributed by atoms with Gasteiger partial charge in [0.15, 0.2) is 0 Å². The number of nitro benzene ring substituents is 1. The first-order chi connectivity index (χ1) is 17.3. The molecule has 2 aromatic carbocycles. The van der Waals surface area contributed by atoms with Crippen LogP contribution in [0.1, 0.15) is 12.5 Å². The van der Waals surface area contributed by atoms with Crippen molar-refractivity contribution in [2.24, 2.45) is 0 Å². The van der Waals surface area contributed by atoms with Gasteiger partial charge >= 0.3 is 0 Å². The van der Waals surface area contributed by atoms with Crippen LogP contribution in [0.15, 0.2) is 77.5 Å². The first-order valence-electron chi connectivity index (χ1n) is 10.9. The van der Waals surface area contributed by atoms with Gasteiger partial charge in [-0.2, -0.15) is 10.4 Å². The Kier molecular flexibility index (Phi) is 6.85. The zero-order chi connectivity index (χ0) is 25.8. The third-order valence-electron chi connectivity index (χ3n) is 5.76. The van der Waals surface area contributed by atoms with Gasteiger partial charge in [-0.15, -0.1) is 0 Å². The van der Waals surface area contributed by atoms with Gasteiger partial charge < -0.3 is 4.74 Å². The van der Waals surface area contributed by atoms with Gasteiger partial charge in [0.2, 0.25) is 0 Å². The van der Waals surface area contributed by atoms with Gasteiger partial charge in [0.1, 0.15) is 11.6 Å². The average Bonchev–Trinajstić information content (AvgIpc) is 3.31. The van der Waals surface area contributed by atoms with Gasteiger partial charge in [0.05, 0.1) is 29.5 Å². The lowest BCUT2D eigenvalue weighted by Gasteiger charge is -2.27. The van der Waals surface area contributed by atoms with E-state index in [1.165, 1.54) is 19.2 Å². The number of nitro groups is 1. The lowest BCUT2D eigenvalue weighted by Crippen LogP contribution is -2.44. The maximum atomic E-state index is 13.3. The van der Waals surface area contributed by atoms with E-state index in [1.54, 1.807) is 36.0 Å². The summed E-state index contributed by atoms with van der Waals surface area (Å²) in [5.74, 6) is -1.19. The van der Waals surface area contributed by atoms with Gasteiger partial charge in [-0.1, -0.05) is 30.3 Å². The second-order valence-electron chi connectivity index (χ2n) is 7.94. The molecule has 0 saturated heterocycles. The number of imide groups is 1. The topological polar surface area (TPSA) is 131 Å². The van der Waals surface area contributed by atoms with Crippen LogP contribution in [-0.2, 0) is 14.3 Å². The molecule has 1 aliphatic rings. The fourth-order valence-corrected chi connectivity index (χ4v) is 3.84. The van der Waals surface area contributed by atoms with E-state index < -0.39 is 16.7 Å². The van der Waals surface area contributed by atoms with E-state index in [4.69, 9.17) is 4.74 Å². The Hall–Kier alpha value is -4.88. The lowest BCUT2D eigenvalue weighted by atomic mass is 9.93. The molecule has 1 aliphatic heterocycles. The summed E-state index contributed by atoms with van der Waals surface area (Å²) in [7, 11) is 1.46. The van der Waals surface area contributed by atoms with Crippen LogP contribution in [0.4, 0.5) is 5.69 Å². The number of hydrogen-bond acceptors (Lipinski definition) is 7. The minimum absolute atomic E-state index is 0.0115. The molecule has 4 rings (SSSR count). The second-order valence-corrected chi connectivity index (χ2v) is 7.94. The Morgan fingerprint density at radius 1 is 1.11 bits per heavy atom. The molecular formula is C26H21N5O5. The Balaban J connectivity index is 1.87. The van der Waals surface area contributed by atoms with E-state index in [0.29, 0.717) is 16.9 Å². The number of non-ortho nitro benzene ring substituents is 1. The number of amides is 2. The van der Waals surface area contributed by atoms with Crippen molar-refractivity contribution in [2.75, 3.05) is 20.3 Å². The van der Waals surface area contributed by atoms with Crippen molar-refractivity contribution in [1.82, 2.24) is 14.7 Å². The zero-order valence-electron chi connectivity index (χ0n) is 19.5. The van der Waals surface area contributed by atoms with Crippen LogP contribution in [0.3, 0.4) is 0 Å². The maximum Gasteiger partial charge on any atom is 0.271 e. The second kappa shape index (κ2) is 10.2. The number of aromatic nitrogens is 2. The Morgan fingerprint density at radius 3 is 2.42 bits per heavy atom. The summed E-state index contributed by atoms with van der Waals surface area (Å²) < 4.78 is 6.58. The number of nitriles is 1. The molecule has 10 nitrogen and oxygen atoms in total. The fourth-order valence-electron chi connectivity index (χ4n) is 3.84. The molecule has 0 aliphatic carbocycles. The highest BCUT2D eigenvalue weighted by Crippen LogP contribution is 2.31. The van der Waals surface area contributed by atoms with E-state index >= 15 is 0 Å². The van der Waals surface area contributed by atoms with Crippen molar-refractivity contribution >= 4 is 23.6 Å². The third kappa shape index (κ3) is 4.55. The molecule has 0 bridgehead atoms. The molecule has 0 N–H and O–H groups in total. The van der Waals surface area contributed by atoms with Crippen molar-refractivity contribution in [1.29, 1.82) is 5.26 Å². The molecule has 10 heteroatoms. The predicted molar refractivity (Wildman–Crippen MR) is 131 cm³/mol. The summed E-state index contributed by atoms with van der Waals surface area (Å²) in [6, 6.07) is 17.1. The first kappa shape index (κ1) is 24.3. The fraction of sp³-hybridized carbons (Fsp3) is 0.154. The van der Waals surface area contributed by atoms with E-state index in [2.05, 4.69) is 5.10 Å². The summed E-state index contributed by atoms with van der Waals surface area (Å²) in [4.78, 5) is 37.5. The molecule has 0 atom stereocenters. The number of benzene rings is 2. The monoisotopic (exact) mass is 483 g/mol. The number of carbonyl (C=O) groups excluding carboxylic acids is 2. The molecule has 36 heavy (non-hydrogen) atoms. The van der Waals surface area contributed by atoms with Gasteiger partial charge in [0, 0.05) is 42.1 Å². The summed E-state index contributed by atoms with van der Waals surface area (Å²) >= 11 is 0. The normalized spacial score (nSPS) is 14.9. The maximum absolute atomic E-state index is 13.3. The van der Waals surface area contributed by atoms with E-state index in [9.17, 15) is 25.0 Å². The van der Waals surface area contributed by atoms with Crippen LogP contribution in [-0.4, -0.2) is 51.7 Å². The molecule has 1 aromatic heterocycles. The first-order valence-corrected chi connectivity index (χ1v) is 10.9. The number of nitrogens with zero attached hydrogens (tertiary/aromatic N) is 5. The van der Waals surface area contributed by atoms with E-state index in [1.807, 2.05) is 36.4 Å². The van der Waals surface area contributed by atoms with Crippen LogP contribution < -0.4 is 0 Å². The predicted octanol–water partition coefficient (Wildman–Crippen LogP) is 3.69. The number of hydrogen-bond donors (Lipinski definition) is 0. The SMILES string of the molecule is COCCN1C(=O)C(C#N)=C(C)/C(=C\c2cn(-c3ccc([N+](=O)[O-])cc3)nc2-c2ccccc2)C1=O. The number of carbonyl (C=O) groups is 2. The number of rotatable bonds is 7. The molecule has 3 aromatic rings. The van der Waals surface area contributed by atoms with E-state index in [0.717, 1.165) is 10.5 Å². The summed E-state index contributed by atoms with van der Waals surface area (Å²) in [6.07, 6.45) is 3.30. The Bertz CT molecular complexity index is 1450. The highest BCUT2D eigenvalue weighted by Gasteiger charge is 2.35. The summed E-state index contributed by atoms with van der Waals surface area (Å²) in [5.41, 5.74) is 2.81. The molecule has 0 fully saturated rings. The van der Waals surface area contributed by atoms with Crippen LogP contribution in [0.25, 0.3) is 23.0 Å².